The molecule has 2 N–H and O–H groups in total. The Labute approximate surface area is 165 Å². The third-order valence-corrected chi connectivity index (χ3v) is 4.92. The van der Waals surface area contributed by atoms with Gasteiger partial charge >= 0.3 is 0 Å². The van der Waals surface area contributed by atoms with E-state index in [0.29, 0.717) is 41.6 Å². The molecule has 1 aliphatic heterocycles. The summed E-state index contributed by atoms with van der Waals surface area (Å²) in [4.78, 5) is 16.8. The molecule has 0 spiro atoms. The number of anilines is 1. The van der Waals surface area contributed by atoms with Crippen LogP contribution < -0.4 is 19.9 Å². The molecule has 1 fully saturated rings. The number of rotatable bonds is 6. The van der Waals surface area contributed by atoms with E-state index in [1.165, 1.54) is 0 Å². The summed E-state index contributed by atoms with van der Waals surface area (Å²) in [5.74, 6) is 1.91. The third-order valence-electron chi connectivity index (χ3n) is 4.92. The molecule has 2 aromatic rings. The highest BCUT2D eigenvalue weighted by molar-refractivity contribution is 5.95. The van der Waals surface area contributed by atoms with Gasteiger partial charge in [-0.1, -0.05) is 6.07 Å². The maximum absolute atomic E-state index is 12.7. The van der Waals surface area contributed by atoms with E-state index in [9.17, 15) is 4.79 Å². The third kappa shape index (κ3) is 4.31. The lowest BCUT2D eigenvalue weighted by atomic mass is 10.1. The van der Waals surface area contributed by atoms with E-state index in [1.54, 1.807) is 39.5 Å². The number of carbonyl (C=O) groups is 1. The first-order valence-electron chi connectivity index (χ1n) is 9.21. The van der Waals surface area contributed by atoms with Crippen LogP contribution in [0.2, 0.25) is 0 Å². The van der Waals surface area contributed by atoms with Gasteiger partial charge in [0.05, 0.1) is 21.3 Å². The van der Waals surface area contributed by atoms with Crippen molar-refractivity contribution in [3.8, 4) is 17.2 Å². The average Bonchev–Trinajstić information content (AvgIpc) is 2.73. The standard InChI is InChI=1S/C21H27N3O4/c1-26-18-11-15(12-19(27-2)20(18)28-3)14-23-7-9-24(10-8-23)21(25)16-5-4-6-17(22)13-16/h4-6,11-13H,7-10,14,22H2,1-3H3. The minimum absolute atomic E-state index is 0.0275. The Morgan fingerprint density at radius 3 is 2.14 bits per heavy atom. The molecular formula is C21H27N3O4. The van der Waals surface area contributed by atoms with Crippen LogP contribution in [0.1, 0.15) is 15.9 Å². The van der Waals surface area contributed by atoms with Gasteiger partial charge < -0.3 is 24.8 Å². The first-order chi connectivity index (χ1) is 13.5. The lowest BCUT2D eigenvalue weighted by Crippen LogP contribution is -2.48. The van der Waals surface area contributed by atoms with Crippen LogP contribution >= 0.6 is 0 Å². The van der Waals surface area contributed by atoms with Crippen LogP contribution in [0.15, 0.2) is 36.4 Å². The van der Waals surface area contributed by atoms with Crippen molar-refractivity contribution in [3.05, 3.63) is 47.5 Å². The summed E-state index contributed by atoms with van der Waals surface area (Å²) in [5.41, 5.74) is 8.11. The highest BCUT2D eigenvalue weighted by Gasteiger charge is 2.23. The van der Waals surface area contributed by atoms with Gasteiger partial charge in [0.1, 0.15) is 0 Å². The van der Waals surface area contributed by atoms with Gasteiger partial charge in [-0.2, -0.15) is 0 Å². The van der Waals surface area contributed by atoms with Crippen LogP contribution in [0.5, 0.6) is 17.2 Å². The number of methoxy groups -OCH3 is 3. The van der Waals surface area contributed by atoms with Gasteiger partial charge in [-0.25, -0.2) is 0 Å². The summed E-state index contributed by atoms with van der Waals surface area (Å²) in [6, 6.07) is 11.1. The quantitative estimate of drug-likeness (QED) is 0.769. The molecule has 150 valence electrons. The van der Waals surface area contributed by atoms with Crippen molar-refractivity contribution in [1.82, 2.24) is 9.80 Å². The minimum atomic E-state index is 0.0275. The van der Waals surface area contributed by atoms with Crippen molar-refractivity contribution in [2.75, 3.05) is 53.2 Å². The molecule has 0 unspecified atom stereocenters. The number of carbonyl (C=O) groups excluding carboxylic acids is 1. The van der Waals surface area contributed by atoms with Gasteiger partial charge in [-0.05, 0) is 35.9 Å². The second-order valence-corrected chi connectivity index (χ2v) is 6.73. The number of nitrogen functional groups attached to an aromatic ring is 1. The van der Waals surface area contributed by atoms with Crippen molar-refractivity contribution in [2.24, 2.45) is 0 Å². The van der Waals surface area contributed by atoms with E-state index in [4.69, 9.17) is 19.9 Å². The molecule has 1 saturated heterocycles. The molecule has 1 heterocycles. The number of nitrogens with zero attached hydrogens (tertiary/aromatic N) is 2. The van der Waals surface area contributed by atoms with Crippen molar-refractivity contribution in [1.29, 1.82) is 0 Å². The summed E-state index contributed by atoms with van der Waals surface area (Å²) in [7, 11) is 4.82. The Bertz CT molecular complexity index is 807. The van der Waals surface area contributed by atoms with E-state index in [1.807, 2.05) is 23.1 Å². The van der Waals surface area contributed by atoms with Crippen LogP contribution in [-0.4, -0.2) is 63.2 Å². The SMILES string of the molecule is COc1cc(CN2CCN(C(=O)c3cccc(N)c3)CC2)cc(OC)c1OC. The molecule has 7 nitrogen and oxygen atoms in total. The topological polar surface area (TPSA) is 77.3 Å². The number of nitrogens with two attached hydrogens (primary N) is 1. The Morgan fingerprint density at radius 1 is 0.964 bits per heavy atom. The molecule has 1 aliphatic rings. The predicted molar refractivity (Wildman–Crippen MR) is 108 cm³/mol. The maximum Gasteiger partial charge on any atom is 0.254 e. The summed E-state index contributed by atoms with van der Waals surface area (Å²) < 4.78 is 16.2. The Morgan fingerprint density at radius 2 is 1.61 bits per heavy atom. The van der Waals surface area contributed by atoms with Crippen LogP contribution in [0.3, 0.4) is 0 Å². The Balaban J connectivity index is 1.63. The summed E-state index contributed by atoms with van der Waals surface area (Å²) in [6.45, 7) is 3.70. The monoisotopic (exact) mass is 385 g/mol. The van der Waals surface area contributed by atoms with Crippen LogP contribution in [0.4, 0.5) is 5.69 Å². The molecule has 2 aromatic carbocycles. The van der Waals surface area contributed by atoms with Crippen molar-refractivity contribution in [3.63, 3.8) is 0 Å². The highest BCUT2D eigenvalue weighted by Crippen LogP contribution is 2.38. The first kappa shape index (κ1) is 19.8. The molecule has 28 heavy (non-hydrogen) atoms. The molecule has 3 rings (SSSR count). The van der Waals surface area contributed by atoms with E-state index >= 15 is 0 Å². The minimum Gasteiger partial charge on any atom is -0.493 e. The highest BCUT2D eigenvalue weighted by atomic mass is 16.5. The van der Waals surface area contributed by atoms with Crippen LogP contribution in [0, 0.1) is 0 Å². The van der Waals surface area contributed by atoms with E-state index in [2.05, 4.69) is 4.90 Å². The van der Waals surface area contributed by atoms with Gasteiger partial charge in [0, 0.05) is 44.0 Å². The van der Waals surface area contributed by atoms with Crippen molar-refractivity contribution < 1.29 is 19.0 Å². The average molecular weight is 385 g/mol. The van der Waals surface area contributed by atoms with Crippen molar-refractivity contribution in [2.45, 2.75) is 6.54 Å². The molecule has 0 atom stereocenters. The molecule has 0 radical (unpaired) electrons. The largest absolute Gasteiger partial charge is 0.493 e. The summed E-state index contributed by atoms with van der Waals surface area (Å²) in [5, 5.41) is 0. The van der Waals surface area contributed by atoms with Crippen LogP contribution in [0.25, 0.3) is 0 Å². The molecular weight excluding hydrogens is 358 g/mol. The van der Waals surface area contributed by atoms with Gasteiger partial charge in [0.15, 0.2) is 11.5 Å². The Hall–Kier alpha value is -2.93. The number of benzene rings is 2. The van der Waals surface area contributed by atoms with Gasteiger partial charge in [-0.15, -0.1) is 0 Å². The van der Waals surface area contributed by atoms with Crippen molar-refractivity contribution >= 4 is 11.6 Å². The fourth-order valence-electron chi connectivity index (χ4n) is 3.45. The molecule has 0 aromatic heterocycles. The van der Waals surface area contributed by atoms with E-state index < -0.39 is 0 Å². The van der Waals surface area contributed by atoms with E-state index in [0.717, 1.165) is 25.2 Å². The number of amides is 1. The lowest BCUT2D eigenvalue weighted by Gasteiger charge is -2.35. The number of hydrogen-bond donors (Lipinski definition) is 1. The summed E-state index contributed by atoms with van der Waals surface area (Å²) >= 11 is 0. The maximum atomic E-state index is 12.7. The fourth-order valence-corrected chi connectivity index (χ4v) is 3.45. The van der Waals surface area contributed by atoms with Gasteiger partial charge in [-0.3, -0.25) is 9.69 Å². The van der Waals surface area contributed by atoms with Gasteiger partial charge in [0.25, 0.3) is 5.91 Å². The summed E-state index contributed by atoms with van der Waals surface area (Å²) in [6.07, 6.45) is 0. The molecule has 0 aliphatic carbocycles. The smallest absolute Gasteiger partial charge is 0.254 e. The molecule has 0 bridgehead atoms. The van der Waals surface area contributed by atoms with Crippen LogP contribution in [-0.2, 0) is 6.54 Å². The Kier molecular flexibility index (Phi) is 6.26. The molecule has 7 heteroatoms. The second kappa shape index (κ2) is 8.84. The molecule has 0 saturated carbocycles. The predicted octanol–water partition coefficient (Wildman–Crippen LogP) is 2.25. The first-order valence-corrected chi connectivity index (χ1v) is 9.21. The van der Waals surface area contributed by atoms with Gasteiger partial charge in [0.2, 0.25) is 5.75 Å². The zero-order valence-corrected chi connectivity index (χ0v) is 16.6. The fraction of sp³-hybridized carbons (Fsp3) is 0.381. The number of piperazine rings is 1. The molecule has 1 amide bonds. The second-order valence-electron chi connectivity index (χ2n) is 6.73. The number of hydrogen-bond acceptors (Lipinski definition) is 6. The lowest BCUT2D eigenvalue weighted by molar-refractivity contribution is 0.0628. The number of ether oxygens (including phenoxy) is 3. The zero-order valence-electron chi connectivity index (χ0n) is 16.6. The van der Waals surface area contributed by atoms with E-state index in [-0.39, 0.29) is 5.91 Å². The zero-order chi connectivity index (χ0) is 20.1. The normalized spacial score (nSPS) is 14.6.